The monoisotopic (exact) mass is 577 g/mol. The summed E-state index contributed by atoms with van der Waals surface area (Å²) in [6, 6.07) is 42.6. The van der Waals surface area contributed by atoms with E-state index in [1.54, 1.807) is 6.20 Å². The molecule has 0 aliphatic rings. The number of para-hydroxylation sites is 1. The Kier molecular flexibility index (Phi) is 4.93. The molecule has 45 heavy (non-hydrogen) atoms. The van der Waals surface area contributed by atoms with E-state index < -0.39 is 0 Å². The van der Waals surface area contributed by atoms with Crippen molar-refractivity contribution < 1.29 is 8.83 Å². The molecule has 0 saturated heterocycles. The number of fused-ring (bicyclic) bond motifs is 11. The Morgan fingerprint density at radius 3 is 2.18 bits per heavy atom. The van der Waals surface area contributed by atoms with E-state index in [2.05, 4.69) is 101 Å². The van der Waals surface area contributed by atoms with Gasteiger partial charge in [0.05, 0.1) is 40.2 Å². The average molecular weight is 578 g/mol. The molecule has 0 N–H and O–H groups in total. The zero-order chi connectivity index (χ0) is 29.5. The number of hydrogen-bond donors (Lipinski definition) is 0. The second-order valence-electron chi connectivity index (χ2n) is 11.4. The molecule has 0 radical (unpaired) electrons. The van der Waals surface area contributed by atoms with Gasteiger partial charge in [0.15, 0.2) is 5.58 Å². The highest BCUT2D eigenvalue weighted by Gasteiger charge is 2.23. The van der Waals surface area contributed by atoms with Gasteiger partial charge in [0.2, 0.25) is 5.71 Å². The van der Waals surface area contributed by atoms with Crippen LogP contribution in [-0.2, 0) is 0 Å². The molecule has 6 aromatic carbocycles. The summed E-state index contributed by atoms with van der Waals surface area (Å²) < 4.78 is 12.5. The third-order valence-electron chi connectivity index (χ3n) is 8.98. The fourth-order valence-corrected chi connectivity index (χ4v) is 7.00. The number of pyridine rings is 2. The first-order valence-corrected chi connectivity index (χ1v) is 15.0. The highest BCUT2D eigenvalue weighted by Crippen LogP contribution is 2.47. The lowest BCUT2D eigenvalue weighted by Crippen LogP contribution is -2.11. The van der Waals surface area contributed by atoms with Gasteiger partial charge in [-0.25, -0.2) is 4.98 Å². The lowest BCUT2D eigenvalue weighted by atomic mass is 9.95. The second-order valence-corrected chi connectivity index (χ2v) is 11.4. The van der Waals surface area contributed by atoms with Gasteiger partial charge in [0.1, 0.15) is 11.2 Å². The smallest absolute Gasteiger partial charge is 0.227 e. The molecular formula is C40H23N3O2. The fraction of sp³-hybridized carbons (Fsp3) is 0. The van der Waals surface area contributed by atoms with Crippen LogP contribution in [0.3, 0.4) is 0 Å². The third kappa shape index (κ3) is 3.49. The van der Waals surface area contributed by atoms with E-state index in [-0.39, 0.29) is 0 Å². The summed E-state index contributed by atoms with van der Waals surface area (Å²) in [4.78, 5) is 11.5. The number of hydrogen-bond acceptors (Lipinski definition) is 5. The predicted octanol–water partition coefficient (Wildman–Crippen LogP) is 11.2. The van der Waals surface area contributed by atoms with Crippen LogP contribution in [0.1, 0.15) is 0 Å². The fourth-order valence-electron chi connectivity index (χ4n) is 7.00. The highest BCUT2D eigenvalue weighted by molar-refractivity contribution is 6.23. The molecule has 0 fully saturated rings. The van der Waals surface area contributed by atoms with Gasteiger partial charge in [-0.2, -0.15) is 0 Å². The van der Waals surface area contributed by atoms with Crippen LogP contribution < -0.4 is 4.90 Å². The predicted molar refractivity (Wildman–Crippen MR) is 184 cm³/mol. The number of nitrogens with zero attached hydrogens (tertiary/aromatic N) is 3. The first kappa shape index (κ1) is 24.3. The molecular weight excluding hydrogens is 554 g/mol. The summed E-state index contributed by atoms with van der Waals surface area (Å²) in [6.45, 7) is 0. The molecule has 0 bridgehead atoms. The van der Waals surface area contributed by atoms with Crippen molar-refractivity contribution in [2.24, 2.45) is 0 Å². The van der Waals surface area contributed by atoms with Crippen LogP contribution in [0.2, 0.25) is 0 Å². The van der Waals surface area contributed by atoms with Crippen molar-refractivity contribution in [1.82, 2.24) is 9.97 Å². The number of aromatic nitrogens is 2. The summed E-state index contributed by atoms with van der Waals surface area (Å²) >= 11 is 0. The molecule has 0 atom stereocenters. The molecule has 210 valence electrons. The van der Waals surface area contributed by atoms with Crippen molar-refractivity contribution in [2.45, 2.75) is 0 Å². The summed E-state index contributed by atoms with van der Waals surface area (Å²) in [5.74, 6) is 0. The van der Waals surface area contributed by atoms with E-state index in [0.717, 1.165) is 60.7 Å². The molecule has 0 saturated carbocycles. The topological polar surface area (TPSA) is 55.3 Å². The van der Waals surface area contributed by atoms with Crippen molar-refractivity contribution in [3.8, 4) is 0 Å². The van der Waals surface area contributed by atoms with Crippen molar-refractivity contribution in [1.29, 1.82) is 0 Å². The summed E-state index contributed by atoms with van der Waals surface area (Å²) in [5, 5.41) is 11.2. The largest absolute Gasteiger partial charge is 0.454 e. The Bertz CT molecular complexity index is 2790. The van der Waals surface area contributed by atoms with Gasteiger partial charge in [-0.3, -0.25) is 4.98 Å². The molecule has 5 heteroatoms. The number of benzene rings is 6. The maximum Gasteiger partial charge on any atom is 0.227 e. The Labute approximate surface area is 256 Å². The van der Waals surface area contributed by atoms with Crippen molar-refractivity contribution in [3.63, 3.8) is 0 Å². The minimum Gasteiger partial charge on any atom is -0.454 e. The van der Waals surface area contributed by atoms with E-state index in [4.69, 9.17) is 13.8 Å². The van der Waals surface area contributed by atoms with E-state index in [9.17, 15) is 0 Å². The van der Waals surface area contributed by atoms with Gasteiger partial charge in [0.25, 0.3) is 0 Å². The quantitative estimate of drug-likeness (QED) is 0.196. The molecule has 4 heterocycles. The molecule has 0 amide bonds. The Hall–Kier alpha value is -6.20. The van der Waals surface area contributed by atoms with Crippen LogP contribution in [0.25, 0.3) is 76.3 Å². The standard InChI is InChI=1S/C40H23N3O2/c1-2-9-26-24(8-1)16-17-28-27-10-3-4-11-29(27)35(21-32(26)28)43(25-20-33-30-12-5-6-14-36(30)45-40(33)42-22-25)34-13-7-15-37-39(34)31-18-19-41-23-38(31)44-37/h1-23H. The first-order chi connectivity index (χ1) is 22.3. The first-order valence-electron chi connectivity index (χ1n) is 15.0. The Morgan fingerprint density at radius 1 is 0.467 bits per heavy atom. The zero-order valence-electron chi connectivity index (χ0n) is 23.9. The SMILES string of the molecule is c1ccc2c(c1)ccc1c3ccccc3c(N(c3cnc4oc5ccccc5c4c3)c3cccc4oc5cnccc5c34)cc21. The van der Waals surface area contributed by atoms with E-state index in [1.165, 1.54) is 26.9 Å². The Morgan fingerprint density at radius 2 is 1.24 bits per heavy atom. The number of furan rings is 2. The van der Waals surface area contributed by atoms with Crippen LogP contribution in [-0.4, -0.2) is 9.97 Å². The molecule has 0 aliphatic heterocycles. The van der Waals surface area contributed by atoms with E-state index >= 15 is 0 Å². The van der Waals surface area contributed by atoms with Gasteiger partial charge in [-0.1, -0.05) is 84.9 Å². The molecule has 10 aromatic rings. The van der Waals surface area contributed by atoms with Crippen molar-refractivity contribution >= 4 is 93.4 Å². The zero-order valence-corrected chi connectivity index (χ0v) is 23.9. The summed E-state index contributed by atoms with van der Waals surface area (Å²) in [7, 11) is 0. The number of rotatable bonds is 3. The maximum atomic E-state index is 6.33. The number of anilines is 3. The molecule has 5 nitrogen and oxygen atoms in total. The molecule has 0 aliphatic carbocycles. The normalized spacial score (nSPS) is 12.0. The molecule has 4 aromatic heterocycles. The van der Waals surface area contributed by atoms with Crippen LogP contribution in [0.15, 0.2) is 149 Å². The lowest BCUT2D eigenvalue weighted by molar-refractivity contribution is 0.654. The van der Waals surface area contributed by atoms with Gasteiger partial charge in [0, 0.05) is 22.4 Å². The second kappa shape index (κ2) is 9.15. The van der Waals surface area contributed by atoms with Crippen LogP contribution in [0.5, 0.6) is 0 Å². The van der Waals surface area contributed by atoms with Gasteiger partial charge >= 0.3 is 0 Å². The van der Waals surface area contributed by atoms with Crippen LogP contribution >= 0.6 is 0 Å². The molecule has 0 spiro atoms. The van der Waals surface area contributed by atoms with Crippen molar-refractivity contribution in [2.75, 3.05) is 4.90 Å². The van der Waals surface area contributed by atoms with E-state index in [0.29, 0.717) is 5.71 Å². The summed E-state index contributed by atoms with van der Waals surface area (Å²) in [5.41, 5.74) is 5.97. The Balaban J connectivity index is 1.38. The lowest BCUT2D eigenvalue weighted by Gasteiger charge is -2.28. The van der Waals surface area contributed by atoms with Gasteiger partial charge < -0.3 is 13.7 Å². The van der Waals surface area contributed by atoms with Crippen molar-refractivity contribution in [3.05, 3.63) is 140 Å². The third-order valence-corrected chi connectivity index (χ3v) is 8.98. The molecule has 10 rings (SSSR count). The van der Waals surface area contributed by atoms with Gasteiger partial charge in [-0.15, -0.1) is 0 Å². The minimum atomic E-state index is 0.618. The molecule has 0 unspecified atom stereocenters. The van der Waals surface area contributed by atoms with E-state index in [1.807, 2.05) is 42.7 Å². The van der Waals surface area contributed by atoms with Gasteiger partial charge in [-0.05, 0) is 63.3 Å². The average Bonchev–Trinajstić information content (AvgIpc) is 3.67. The maximum absolute atomic E-state index is 6.33. The highest BCUT2D eigenvalue weighted by atomic mass is 16.3. The minimum absolute atomic E-state index is 0.618. The van der Waals surface area contributed by atoms with Crippen LogP contribution in [0, 0.1) is 0 Å². The van der Waals surface area contributed by atoms with Crippen LogP contribution in [0.4, 0.5) is 17.1 Å². The summed E-state index contributed by atoms with van der Waals surface area (Å²) in [6.07, 6.45) is 5.52.